The molecule has 0 amide bonds. The van der Waals surface area contributed by atoms with Crippen LogP contribution in [0.5, 0.6) is 0 Å². The Morgan fingerprint density at radius 2 is 1.61 bits per heavy atom. The van der Waals surface area contributed by atoms with Crippen LogP contribution in [0.4, 0.5) is 0 Å². The molecular weight excluding hydrogens is 462 g/mol. The Morgan fingerprint density at radius 3 is 2.33 bits per heavy atom. The molecule has 5 aromatic rings. The lowest BCUT2D eigenvalue weighted by atomic mass is 10.1. The summed E-state index contributed by atoms with van der Waals surface area (Å²) >= 11 is 1.63. The third-order valence-corrected chi connectivity index (χ3v) is 6.77. The van der Waals surface area contributed by atoms with Crippen molar-refractivity contribution in [2.75, 3.05) is 6.54 Å². The summed E-state index contributed by atoms with van der Waals surface area (Å²) in [4.78, 5) is 5.75. The summed E-state index contributed by atoms with van der Waals surface area (Å²) in [6, 6.07) is 28.9. The van der Waals surface area contributed by atoms with Gasteiger partial charge in [-0.3, -0.25) is 4.99 Å². The van der Waals surface area contributed by atoms with Crippen LogP contribution in [0.2, 0.25) is 0 Å². The van der Waals surface area contributed by atoms with Gasteiger partial charge in [0.05, 0.1) is 17.6 Å². The van der Waals surface area contributed by atoms with Crippen LogP contribution < -0.4 is 4.80 Å². The number of aryl methyl sites for hydroxylation is 1. The Bertz CT molecular complexity index is 1510. The first-order valence-electron chi connectivity index (χ1n) is 12.3. The van der Waals surface area contributed by atoms with Gasteiger partial charge in [-0.05, 0) is 25.5 Å². The van der Waals surface area contributed by atoms with Gasteiger partial charge in [0.1, 0.15) is 5.69 Å². The summed E-state index contributed by atoms with van der Waals surface area (Å²) in [5, 5.41) is 12.0. The Balaban J connectivity index is 1.61. The van der Waals surface area contributed by atoms with Gasteiger partial charge in [0, 0.05) is 34.8 Å². The Labute approximate surface area is 215 Å². The number of aromatic nitrogens is 3. The van der Waals surface area contributed by atoms with E-state index in [-0.39, 0.29) is 0 Å². The molecule has 0 bridgehead atoms. The van der Waals surface area contributed by atoms with E-state index in [1.165, 1.54) is 5.56 Å². The summed E-state index contributed by atoms with van der Waals surface area (Å²) < 4.78 is 3.87. The molecule has 36 heavy (non-hydrogen) atoms. The van der Waals surface area contributed by atoms with E-state index in [4.69, 9.17) is 15.2 Å². The molecule has 2 heterocycles. The van der Waals surface area contributed by atoms with E-state index in [1.807, 2.05) is 58.2 Å². The quantitative estimate of drug-likeness (QED) is 0.171. The van der Waals surface area contributed by atoms with Gasteiger partial charge in [-0.2, -0.15) is 10.2 Å². The maximum Gasteiger partial charge on any atom is 0.206 e. The molecule has 2 aromatic heterocycles. The highest BCUT2D eigenvalue weighted by atomic mass is 32.1. The van der Waals surface area contributed by atoms with E-state index in [9.17, 15) is 0 Å². The maximum absolute atomic E-state index is 4.96. The fourth-order valence-electron chi connectivity index (χ4n) is 3.91. The monoisotopic (exact) mass is 491 g/mol. The van der Waals surface area contributed by atoms with Crippen molar-refractivity contribution in [2.45, 2.75) is 26.7 Å². The third-order valence-electron chi connectivity index (χ3n) is 5.91. The van der Waals surface area contributed by atoms with Crippen LogP contribution in [-0.2, 0) is 0 Å². The van der Waals surface area contributed by atoms with E-state index in [1.54, 1.807) is 11.3 Å². The molecule has 0 atom stereocenters. The van der Waals surface area contributed by atoms with E-state index in [0.29, 0.717) is 0 Å². The highest BCUT2D eigenvalue weighted by molar-refractivity contribution is 7.07. The molecule has 0 saturated heterocycles. The zero-order chi connectivity index (χ0) is 24.7. The number of nitrogens with zero attached hydrogens (tertiary/aromatic N) is 5. The fourth-order valence-corrected chi connectivity index (χ4v) is 4.77. The summed E-state index contributed by atoms with van der Waals surface area (Å²) in [5.74, 6) is 0. The molecule has 5 nitrogen and oxygen atoms in total. The summed E-state index contributed by atoms with van der Waals surface area (Å²) in [5.41, 5.74) is 7.28. The van der Waals surface area contributed by atoms with Crippen molar-refractivity contribution in [3.05, 3.63) is 112 Å². The highest BCUT2D eigenvalue weighted by Crippen LogP contribution is 2.24. The standard InChI is InChI=1S/C30H29N5S/c1-3-4-19-31-30-35(28(22-36-30)24-17-15-23(2)16-18-24)32-20-26-21-34(27-13-9-6-10-14-27)33-29(26)25-11-7-5-8-12-25/h5-18,20-22H,3-4,19H2,1-2H3/b31-30?,32-20+. The van der Waals surface area contributed by atoms with Crippen molar-refractivity contribution in [1.82, 2.24) is 14.5 Å². The molecule has 0 saturated carbocycles. The Morgan fingerprint density at radius 1 is 0.889 bits per heavy atom. The zero-order valence-corrected chi connectivity index (χ0v) is 21.4. The first-order chi connectivity index (χ1) is 17.7. The SMILES string of the molecule is CCCCN=c1scc(-c2ccc(C)cc2)n1/N=C/c1cn(-c2ccccc2)nc1-c1ccccc1. The van der Waals surface area contributed by atoms with Gasteiger partial charge in [-0.15, -0.1) is 11.3 Å². The first kappa shape index (κ1) is 23.7. The second-order valence-corrected chi connectivity index (χ2v) is 9.48. The van der Waals surface area contributed by atoms with Gasteiger partial charge in [0.25, 0.3) is 0 Å². The minimum Gasteiger partial charge on any atom is -0.257 e. The predicted octanol–water partition coefficient (Wildman–Crippen LogP) is 6.96. The number of rotatable bonds is 8. The van der Waals surface area contributed by atoms with Crippen LogP contribution in [0.1, 0.15) is 30.9 Å². The summed E-state index contributed by atoms with van der Waals surface area (Å²) in [7, 11) is 0. The number of hydrogen-bond acceptors (Lipinski definition) is 4. The molecule has 0 fully saturated rings. The van der Waals surface area contributed by atoms with Gasteiger partial charge in [-0.25, -0.2) is 9.36 Å². The van der Waals surface area contributed by atoms with Gasteiger partial charge >= 0.3 is 0 Å². The van der Waals surface area contributed by atoms with E-state index < -0.39 is 0 Å². The maximum atomic E-state index is 4.96. The van der Waals surface area contributed by atoms with Crippen LogP contribution in [0, 0.1) is 6.92 Å². The zero-order valence-electron chi connectivity index (χ0n) is 20.6. The number of para-hydroxylation sites is 1. The topological polar surface area (TPSA) is 47.5 Å². The summed E-state index contributed by atoms with van der Waals surface area (Å²) in [6.45, 7) is 5.08. The minimum atomic E-state index is 0.793. The molecule has 0 aliphatic heterocycles. The van der Waals surface area contributed by atoms with Crippen LogP contribution in [-0.4, -0.2) is 27.2 Å². The first-order valence-corrected chi connectivity index (χ1v) is 13.1. The predicted molar refractivity (Wildman–Crippen MR) is 150 cm³/mol. The molecule has 0 N–H and O–H groups in total. The molecule has 6 heteroatoms. The van der Waals surface area contributed by atoms with Crippen molar-refractivity contribution < 1.29 is 0 Å². The Hall–Kier alpha value is -4.03. The molecule has 5 rings (SSSR count). The number of hydrogen-bond donors (Lipinski definition) is 0. The van der Waals surface area contributed by atoms with Crippen LogP contribution >= 0.6 is 11.3 Å². The average molecular weight is 492 g/mol. The largest absolute Gasteiger partial charge is 0.257 e. The second-order valence-electron chi connectivity index (χ2n) is 8.64. The average Bonchev–Trinajstić information content (AvgIpc) is 3.53. The van der Waals surface area contributed by atoms with Crippen molar-refractivity contribution in [1.29, 1.82) is 0 Å². The molecule has 0 aliphatic carbocycles. The van der Waals surface area contributed by atoms with Gasteiger partial charge in [0.15, 0.2) is 0 Å². The van der Waals surface area contributed by atoms with Gasteiger partial charge in [-0.1, -0.05) is 91.7 Å². The van der Waals surface area contributed by atoms with Gasteiger partial charge in [0.2, 0.25) is 4.80 Å². The molecule has 0 unspecified atom stereocenters. The normalized spacial score (nSPS) is 12.0. The lowest BCUT2D eigenvalue weighted by molar-refractivity contribution is 0.764. The lowest BCUT2D eigenvalue weighted by Gasteiger charge is -2.04. The van der Waals surface area contributed by atoms with Crippen molar-refractivity contribution in [3.63, 3.8) is 0 Å². The molecule has 0 radical (unpaired) electrons. The van der Waals surface area contributed by atoms with Crippen molar-refractivity contribution in [2.24, 2.45) is 10.1 Å². The fraction of sp³-hybridized carbons (Fsp3) is 0.167. The van der Waals surface area contributed by atoms with E-state index in [2.05, 4.69) is 67.8 Å². The Kier molecular flexibility index (Phi) is 7.33. The van der Waals surface area contributed by atoms with E-state index in [0.717, 1.165) is 58.0 Å². The molecule has 0 spiro atoms. The lowest BCUT2D eigenvalue weighted by Crippen LogP contribution is -2.12. The van der Waals surface area contributed by atoms with E-state index >= 15 is 0 Å². The van der Waals surface area contributed by atoms with Crippen molar-refractivity contribution in [3.8, 4) is 28.2 Å². The minimum absolute atomic E-state index is 0.793. The molecule has 0 aliphatic rings. The smallest absolute Gasteiger partial charge is 0.206 e. The third kappa shape index (κ3) is 5.29. The molecule has 180 valence electrons. The van der Waals surface area contributed by atoms with Crippen LogP contribution in [0.25, 0.3) is 28.2 Å². The second kappa shape index (κ2) is 11.1. The van der Waals surface area contributed by atoms with Gasteiger partial charge < -0.3 is 0 Å². The number of benzene rings is 3. The van der Waals surface area contributed by atoms with Crippen molar-refractivity contribution >= 4 is 17.6 Å². The number of thiazole rings is 1. The molecule has 3 aromatic carbocycles. The summed E-state index contributed by atoms with van der Waals surface area (Å²) in [6.07, 6.45) is 6.11. The van der Waals surface area contributed by atoms with Crippen LogP contribution in [0.3, 0.4) is 0 Å². The van der Waals surface area contributed by atoms with Crippen LogP contribution in [0.15, 0.2) is 107 Å². The molecular formula is C30H29N5S. The number of unbranched alkanes of at least 4 members (excludes halogenated alkanes) is 1. The highest BCUT2D eigenvalue weighted by Gasteiger charge is 2.12.